The van der Waals surface area contributed by atoms with Crippen LogP contribution in [0.25, 0.3) is 0 Å². The van der Waals surface area contributed by atoms with Crippen molar-refractivity contribution in [1.82, 2.24) is 10.2 Å². The number of carbonyl (C=O) groups excluding carboxylic acids is 1. The highest BCUT2D eigenvalue weighted by Gasteiger charge is 2.22. The van der Waals surface area contributed by atoms with E-state index in [1.807, 2.05) is 0 Å². The first-order valence-corrected chi connectivity index (χ1v) is 7.42. The van der Waals surface area contributed by atoms with E-state index in [-0.39, 0.29) is 10.9 Å². The van der Waals surface area contributed by atoms with Crippen LogP contribution in [-0.4, -0.2) is 50.7 Å². The molecule has 1 fully saturated rings. The number of rotatable bonds is 6. The summed E-state index contributed by atoms with van der Waals surface area (Å²) in [6.07, 6.45) is 1.05. The summed E-state index contributed by atoms with van der Waals surface area (Å²) in [6, 6.07) is 4.09. The van der Waals surface area contributed by atoms with E-state index < -0.39 is 5.82 Å². The highest BCUT2D eigenvalue weighted by atomic mass is 35.5. The van der Waals surface area contributed by atoms with E-state index in [2.05, 4.69) is 10.2 Å². The smallest absolute Gasteiger partial charge is 0.251 e. The van der Waals surface area contributed by atoms with Gasteiger partial charge in [-0.3, -0.25) is 4.79 Å². The molecule has 4 nitrogen and oxygen atoms in total. The van der Waals surface area contributed by atoms with Crippen LogP contribution in [0.1, 0.15) is 16.8 Å². The molecule has 6 heteroatoms. The van der Waals surface area contributed by atoms with Gasteiger partial charge in [0.25, 0.3) is 5.91 Å². The average Bonchev–Trinajstić information content (AvgIpc) is 2.93. The molecule has 0 radical (unpaired) electrons. The van der Waals surface area contributed by atoms with Crippen LogP contribution in [0.15, 0.2) is 18.2 Å². The Morgan fingerprint density at radius 3 is 3.10 bits per heavy atom. The minimum absolute atomic E-state index is 0.0242. The van der Waals surface area contributed by atoms with E-state index in [0.717, 1.165) is 38.7 Å². The first-order valence-electron chi connectivity index (χ1n) is 7.04. The van der Waals surface area contributed by atoms with E-state index in [4.69, 9.17) is 16.3 Å². The highest BCUT2D eigenvalue weighted by Crippen LogP contribution is 2.17. The van der Waals surface area contributed by atoms with Gasteiger partial charge >= 0.3 is 0 Å². The fourth-order valence-corrected chi connectivity index (χ4v) is 2.60. The van der Waals surface area contributed by atoms with Gasteiger partial charge in [-0.1, -0.05) is 11.6 Å². The van der Waals surface area contributed by atoms with Gasteiger partial charge in [0.15, 0.2) is 0 Å². The number of nitrogens with one attached hydrogen (secondary N) is 1. The number of benzene rings is 1. The third-order valence-corrected chi connectivity index (χ3v) is 4.02. The van der Waals surface area contributed by atoms with Crippen molar-refractivity contribution in [3.63, 3.8) is 0 Å². The van der Waals surface area contributed by atoms with Crippen LogP contribution in [0.5, 0.6) is 0 Å². The maximum absolute atomic E-state index is 13.3. The molecule has 1 aromatic carbocycles. The second-order valence-corrected chi connectivity index (χ2v) is 5.69. The molecule has 0 unspecified atom stereocenters. The molecule has 1 aliphatic heterocycles. The normalized spacial score (nSPS) is 18.9. The van der Waals surface area contributed by atoms with Crippen molar-refractivity contribution in [3.05, 3.63) is 34.6 Å². The summed E-state index contributed by atoms with van der Waals surface area (Å²) >= 11 is 5.60. The molecule has 1 atom stereocenters. The molecule has 1 heterocycles. The zero-order chi connectivity index (χ0) is 15.2. The maximum atomic E-state index is 13.3. The SMILES string of the molecule is COCCN1CC[C@@H](CNC(=O)c2ccc(Cl)c(F)c2)C1. The van der Waals surface area contributed by atoms with E-state index in [0.29, 0.717) is 18.0 Å². The predicted octanol–water partition coefficient (Wildman–Crippen LogP) is 2.18. The van der Waals surface area contributed by atoms with Crippen LogP contribution >= 0.6 is 11.6 Å². The first kappa shape index (κ1) is 16.2. The molecule has 1 N–H and O–H groups in total. The van der Waals surface area contributed by atoms with Crippen molar-refractivity contribution in [3.8, 4) is 0 Å². The minimum Gasteiger partial charge on any atom is -0.383 e. The maximum Gasteiger partial charge on any atom is 0.251 e. The molecule has 0 aromatic heterocycles. The summed E-state index contributed by atoms with van der Waals surface area (Å²) in [5.41, 5.74) is 0.297. The lowest BCUT2D eigenvalue weighted by Gasteiger charge is -2.15. The molecule has 1 saturated heterocycles. The number of carbonyl (C=O) groups is 1. The van der Waals surface area contributed by atoms with Gasteiger partial charge in [-0.25, -0.2) is 4.39 Å². The van der Waals surface area contributed by atoms with Gasteiger partial charge in [0.05, 0.1) is 11.6 Å². The van der Waals surface area contributed by atoms with Crippen LogP contribution in [-0.2, 0) is 4.74 Å². The fraction of sp³-hybridized carbons (Fsp3) is 0.533. The van der Waals surface area contributed by atoms with Crippen molar-refractivity contribution in [1.29, 1.82) is 0 Å². The van der Waals surface area contributed by atoms with Gasteiger partial charge in [-0.05, 0) is 37.1 Å². The molecule has 21 heavy (non-hydrogen) atoms. The monoisotopic (exact) mass is 314 g/mol. The molecular formula is C15H20ClFN2O2. The average molecular weight is 315 g/mol. The van der Waals surface area contributed by atoms with Crippen LogP contribution in [0.4, 0.5) is 4.39 Å². The molecule has 0 aliphatic carbocycles. The van der Waals surface area contributed by atoms with Gasteiger partial charge in [0.2, 0.25) is 0 Å². The van der Waals surface area contributed by atoms with Gasteiger partial charge in [-0.15, -0.1) is 0 Å². The van der Waals surface area contributed by atoms with Gasteiger partial charge in [-0.2, -0.15) is 0 Å². The lowest BCUT2D eigenvalue weighted by atomic mass is 10.1. The molecule has 1 aromatic rings. The topological polar surface area (TPSA) is 41.6 Å². The number of methoxy groups -OCH3 is 1. The quantitative estimate of drug-likeness (QED) is 0.875. The summed E-state index contributed by atoms with van der Waals surface area (Å²) < 4.78 is 18.4. The molecule has 1 amide bonds. The largest absolute Gasteiger partial charge is 0.383 e. The summed E-state index contributed by atoms with van der Waals surface area (Å²) in [4.78, 5) is 14.3. The molecule has 1 aliphatic rings. The predicted molar refractivity (Wildman–Crippen MR) is 80.2 cm³/mol. The fourth-order valence-electron chi connectivity index (χ4n) is 2.48. The Kier molecular flexibility index (Phi) is 5.96. The van der Waals surface area contributed by atoms with Crippen molar-refractivity contribution in [2.24, 2.45) is 5.92 Å². The Morgan fingerprint density at radius 1 is 1.57 bits per heavy atom. The Balaban J connectivity index is 1.78. The number of hydrogen-bond acceptors (Lipinski definition) is 3. The van der Waals surface area contributed by atoms with Crippen LogP contribution in [0.3, 0.4) is 0 Å². The number of halogens is 2. The summed E-state index contributed by atoms with van der Waals surface area (Å²) in [6.45, 7) is 4.23. The minimum atomic E-state index is -0.573. The standard InChI is InChI=1S/C15H20ClFN2O2/c1-21-7-6-19-5-4-11(10-19)9-18-15(20)12-2-3-13(16)14(17)8-12/h2-3,8,11H,4-7,9-10H2,1H3,(H,18,20)/t11-/m0/s1. The van der Waals surface area contributed by atoms with Gasteiger partial charge in [0.1, 0.15) is 5.82 Å². The summed E-state index contributed by atoms with van der Waals surface area (Å²) in [5, 5.41) is 2.88. The lowest BCUT2D eigenvalue weighted by molar-refractivity contribution is 0.0946. The number of amides is 1. The first-order chi connectivity index (χ1) is 10.1. The van der Waals surface area contributed by atoms with Crippen LogP contribution < -0.4 is 5.32 Å². The number of ether oxygens (including phenoxy) is 1. The number of nitrogens with zero attached hydrogens (tertiary/aromatic N) is 1. The van der Waals surface area contributed by atoms with E-state index in [1.165, 1.54) is 12.1 Å². The van der Waals surface area contributed by atoms with Gasteiger partial charge < -0.3 is 15.0 Å². The second-order valence-electron chi connectivity index (χ2n) is 5.29. The third kappa shape index (κ3) is 4.66. The Hall–Kier alpha value is -1.17. The second kappa shape index (κ2) is 7.73. The number of hydrogen-bond donors (Lipinski definition) is 1. The van der Waals surface area contributed by atoms with Crippen LogP contribution in [0.2, 0.25) is 5.02 Å². The lowest BCUT2D eigenvalue weighted by Crippen LogP contribution is -2.31. The molecular weight excluding hydrogens is 295 g/mol. The third-order valence-electron chi connectivity index (χ3n) is 3.71. The highest BCUT2D eigenvalue weighted by molar-refractivity contribution is 6.30. The van der Waals surface area contributed by atoms with Crippen molar-refractivity contribution >= 4 is 17.5 Å². The van der Waals surface area contributed by atoms with E-state index in [1.54, 1.807) is 7.11 Å². The number of likely N-dealkylation sites (tertiary alicyclic amines) is 1. The Bertz CT molecular complexity index is 499. The Morgan fingerprint density at radius 2 is 2.38 bits per heavy atom. The van der Waals surface area contributed by atoms with E-state index in [9.17, 15) is 9.18 Å². The van der Waals surface area contributed by atoms with Gasteiger partial charge in [0, 0.05) is 32.3 Å². The molecule has 0 bridgehead atoms. The van der Waals surface area contributed by atoms with Crippen molar-refractivity contribution in [2.45, 2.75) is 6.42 Å². The molecule has 0 saturated carbocycles. The molecule has 2 rings (SSSR count). The summed E-state index contributed by atoms with van der Waals surface area (Å²) in [7, 11) is 1.69. The molecule has 0 spiro atoms. The zero-order valence-corrected chi connectivity index (χ0v) is 12.8. The van der Waals surface area contributed by atoms with Crippen LogP contribution in [0, 0.1) is 11.7 Å². The van der Waals surface area contributed by atoms with Crippen molar-refractivity contribution < 1.29 is 13.9 Å². The van der Waals surface area contributed by atoms with Crippen molar-refractivity contribution in [2.75, 3.05) is 39.9 Å². The Labute approximate surface area is 129 Å². The van der Waals surface area contributed by atoms with E-state index >= 15 is 0 Å². The zero-order valence-electron chi connectivity index (χ0n) is 12.1. The molecule has 116 valence electrons. The summed E-state index contributed by atoms with van der Waals surface area (Å²) in [5.74, 6) is -0.403.